The maximum absolute atomic E-state index is 10.6. The van der Waals surface area contributed by atoms with E-state index >= 15 is 0 Å². The van der Waals surface area contributed by atoms with Gasteiger partial charge in [0.15, 0.2) is 0 Å². The van der Waals surface area contributed by atoms with Crippen molar-refractivity contribution in [3.05, 3.63) is 57.5 Å². The number of hydrogen-bond donors (Lipinski definition) is 5. The minimum absolute atomic E-state index is 0.0350. The summed E-state index contributed by atoms with van der Waals surface area (Å²) in [6.45, 7) is 29.8. The Bertz CT molecular complexity index is 1270. The molecule has 0 radical (unpaired) electrons. The van der Waals surface area contributed by atoms with Crippen molar-refractivity contribution in [2.24, 2.45) is 5.18 Å². The third-order valence-electron chi connectivity index (χ3n) is 7.77. The molecule has 0 aliphatic carbocycles. The Balaban J connectivity index is 0.00000369. The summed E-state index contributed by atoms with van der Waals surface area (Å²) in [6.07, 6.45) is -6.45. The van der Waals surface area contributed by atoms with Gasteiger partial charge < -0.3 is 30.3 Å². The van der Waals surface area contributed by atoms with Gasteiger partial charge in [0.05, 0.1) is 17.7 Å². The smallest absolute Gasteiger partial charge is 0.126 e. The Labute approximate surface area is 298 Å². The second-order valence-electron chi connectivity index (χ2n) is 17.0. The molecular weight excluding hydrogens is 647 g/mol. The van der Waals surface area contributed by atoms with Crippen LogP contribution in [0, 0.1) is 4.91 Å². The number of rotatable bonds is 11. The maximum Gasteiger partial charge on any atom is 0.126 e. The third-order valence-corrected chi connectivity index (χ3v) is 10.2. The van der Waals surface area contributed by atoms with Crippen LogP contribution < -0.4 is 4.74 Å². The highest BCUT2D eigenvalue weighted by Gasteiger charge is 2.34. The zero-order valence-corrected chi connectivity index (χ0v) is 33.6. The summed E-state index contributed by atoms with van der Waals surface area (Å²) < 4.78 is 6.05. The number of aliphatic hydroxyl groups is 5. The van der Waals surface area contributed by atoms with Gasteiger partial charge in [0.2, 0.25) is 0 Å². The van der Waals surface area contributed by atoms with Gasteiger partial charge in [0, 0.05) is 20.9 Å². The summed E-state index contributed by atoms with van der Waals surface area (Å²) in [5.41, 5.74) is 4.07. The van der Waals surface area contributed by atoms with Crippen LogP contribution in [0.15, 0.2) is 45.3 Å². The van der Waals surface area contributed by atoms with Crippen LogP contribution in [0.25, 0.3) is 0 Å². The van der Waals surface area contributed by atoms with Crippen molar-refractivity contribution in [2.75, 3.05) is 20.3 Å². The van der Waals surface area contributed by atoms with E-state index in [0.717, 1.165) is 16.0 Å². The fourth-order valence-electron chi connectivity index (χ4n) is 4.87. The lowest BCUT2D eigenvalue weighted by molar-refractivity contribution is -0.121. The first-order valence-corrected chi connectivity index (χ1v) is 18.1. The van der Waals surface area contributed by atoms with E-state index in [2.05, 4.69) is 132 Å². The van der Waals surface area contributed by atoms with E-state index < -0.39 is 31.0 Å². The van der Waals surface area contributed by atoms with Gasteiger partial charge in [-0.3, -0.25) is 0 Å². The van der Waals surface area contributed by atoms with Gasteiger partial charge >= 0.3 is 0 Å². The average molecular weight is 710 g/mol. The Morgan fingerprint density at radius 3 is 1.31 bits per heavy atom. The predicted octanol–water partition coefficient (Wildman–Crippen LogP) is 7.69. The molecule has 0 amide bonds. The molecule has 0 spiro atoms. The van der Waals surface area contributed by atoms with Gasteiger partial charge in [-0.2, -0.15) is 4.91 Å². The van der Waals surface area contributed by atoms with E-state index in [-0.39, 0.29) is 32.3 Å². The third kappa shape index (κ3) is 13.2. The van der Waals surface area contributed by atoms with Crippen molar-refractivity contribution in [1.29, 1.82) is 0 Å². The van der Waals surface area contributed by atoms with Gasteiger partial charge in [-0.05, 0) is 70.9 Å². The first kappa shape index (κ1) is 44.4. The Morgan fingerprint density at radius 2 is 0.979 bits per heavy atom. The number of nitroso groups, excluding NO2 is 1. The van der Waals surface area contributed by atoms with E-state index in [1.807, 2.05) is 23.5 Å². The van der Waals surface area contributed by atoms with Crippen LogP contribution in [-0.4, -0.2) is 74.3 Å². The highest BCUT2D eigenvalue weighted by atomic mass is 32.2. The molecular formula is C38H63NO7S2. The standard InChI is InChI=1S/C37H60O6S2.CH3NO/c1-33(2,3)22-15-23(34(4,5)6)17-24(16-22)44-37(13,14)45-25-18-26(35(7,8)9)32(27(19-25)36(10,11)12)43-21-29(40)31(42)30(41)28(39)20-38;1-2-3/h15-19,28-31,38-42H,20-21H2,1-14H3;1H3/t28-,29+,30+,31+;/m0./s1. The second-order valence-corrected chi connectivity index (χ2v) is 20.6. The zero-order valence-electron chi connectivity index (χ0n) is 31.9. The fourth-order valence-corrected chi connectivity index (χ4v) is 7.48. The molecule has 0 saturated carbocycles. The SMILES string of the molecule is CC(C)(Sc1cc(C(C)(C)C)cc(C(C)(C)C)c1)Sc1cc(C(C)(C)C)c(OC[C@@H](O)[C@@H](O)[C@H](O)[C@@H](O)CO)c(C(C)(C)C)c1.CN=O. The van der Waals surface area contributed by atoms with E-state index in [9.17, 15) is 20.4 Å². The lowest BCUT2D eigenvalue weighted by Crippen LogP contribution is -2.47. The topological polar surface area (TPSA) is 140 Å². The second kappa shape index (κ2) is 17.0. The van der Waals surface area contributed by atoms with E-state index in [4.69, 9.17) is 14.8 Å². The van der Waals surface area contributed by atoms with Crippen LogP contribution in [0.1, 0.15) is 119 Å². The summed E-state index contributed by atoms with van der Waals surface area (Å²) in [4.78, 5) is 10.9. The van der Waals surface area contributed by atoms with Crippen molar-refractivity contribution in [2.45, 2.75) is 157 Å². The molecule has 8 nitrogen and oxygen atoms in total. The Hall–Kier alpha value is -1.66. The summed E-state index contributed by atoms with van der Waals surface area (Å²) >= 11 is 3.67. The molecule has 2 rings (SSSR count). The molecule has 4 atom stereocenters. The lowest BCUT2D eigenvalue weighted by Gasteiger charge is -2.33. The number of ether oxygens (including phenoxy) is 1. The molecule has 48 heavy (non-hydrogen) atoms. The van der Waals surface area contributed by atoms with E-state index in [1.165, 1.54) is 23.1 Å². The molecule has 2 aromatic rings. The molecule has 0 aliphatic heterocycles. The molecule has 0 aliphatic rings. The minimum atomic E-state index is -1.71. The average Bonchev–Trinajstić information content (AvgIpc) is 2.92. The molecule has 0 fully saturated rings. The largest absolute Gasteiger partial charge is 0.490 e. The lowest BCUT2D eigenvalue weighted by atomic mass is 9.79. The number of hydrogen-bond acceptors (Lipinski definition) is 10. The monoisotopic (exact) mass is 709 g/mol. The minimum Gasteiger partial charge on any atom is -0.490 e. The molecule has 0 bridgehead atoms. The Morgan fingerprint density at radius 1 is 0.625 bits per heavy atom. The quantitative estimate of drug-likeness (QED) is 0.0903. The van der Waals surface area contributed by atoms with Crippen LogP contribution >= 0.6 is 23.5 Å². The highest BCUT2D eigenvalue weighted by Crippen LogP contribution is 2.50. The van der Waals surface area contributed by atoms with Crippen molar-refractivity contribution in [3.63, 3.8) is 0 Å². The van der Waals surface area contributed by atoms with Gasteiger partial charge in [-0.1, -0.05) is 94.3 Å². The molecule has 2 aromatic carbocycles. The first-order valence-electron chi connectivity index (χ1n) is 16.5. The van der Waals surface area contributed by atoms with Gasteiger partial charge in [0.1, 0.15) is 36.8 Å². The first-order chi connectivity index (χ1) is 21.6. The normalized spacial score (nSPS) is 15.6. The molecule has 5 N–H and O–H groups in total. The van der Waals surface area contributed by atoms with Gasteiger partial charge in [0.25, 0.3) is 0 Å². The molecule has 0 unspecified atom stereocenters. The van der Waals surface area contributed by atoms with Crippen molar-refractivity contribution in [3.8, 4) is 5.75 Å². The van der Waals surface area contributed by atoms with E-state index in [1.54, 1.807) is 0 Å². The van der Waals surface area contributed by atoms with Crippen molar-refractivity contribution < 1.29 is 30.3 Å². The van der Waals surface area contributed by atoms with Crippen LogP contribution in [-0.2, 0) is 21.7 Å². The van der Waals surface area contributed by atoms with Crippen LogP contribution in [0.5, 0.6) is 5.75 Å². The summed E-state index contributed by atoms with van der Waals surface area (Å²) in [5.74, 6) is 0.640. The van der Waals surface area contributed by atoms with Crippen LogP contribution in [0.2, 0.25) is 0 Å². The van der Waals surface area contributed by atoms with Gasteiger partial charge in [-0.15, -0.1) is 23.5 Å². The zero-order chi connectivity index (χ0) is 37.6. The number of benzene rings is 2. The maximum atomic E-state index is 10.6. The molecule has 0 saturated heterocycles. The number of thioether (sulfide) groups is 2. The van der Waals surface area contributed by atoms with Crippen LogP contribution in [0.4, 0.5) is 0 Å². The van der Waals surface area contributed by atoms with Crippen molar-refractivity contribution >= 4 is 23.5 Å². The highest BCUT2D eigenvalue weighted by molar-refractivity contribution is 8.18. The summed E-state index contributed by atoms with van der Waals surface area (Å²) in [7, 11) is 1.19. The van der Waals surface area contributed by atoms with E-state index in [0.29, 0.717) is 5.75 Å². The predicted molar refractivity (Wildman–Crippen MR) is 202 cm³/mol. The van der Waals surface area contributed by atoms with Gasteiger partial charge in [-0.25, -0.2) is 0 Å². The fraction of sp³-hybridized carbons (Fsp3) is 0.684. The summed E-state index contributed by atoms with van der Waals surface area (Å²) in [5, 5.41) is 52.2. The Kier molecular flexibility index (Phi) is 15.7. The number of aliphatic hydroxyl groups excluding tert-OH is 5. The molecule has 0 heterocycles. The number of nitrogens with zero attached hydrogens (tertiary/aromatic N) is 1. The van der Waals surface area contributed by atoms with Crippen molar-refractivity contribution in [1.82, 2.24) is 0 Å². The summed E-state index contributed by atoms with van der Waals surface area (Å²) in [6, 6.07) is 11.3. The molecule has 274 valence electrons. The molecule has 0 aromatic heterocycles. The molecule has 10 heteroatoms. The van der Waals surface area contributed by atoms with Crippen LogP contribution in [0.3, 0.4) is 0 Å².